The fourth-order valence-electron chi connectivity index (χ4n) is 3.60. The average molecular weight is 391 g/mol. The van der Waals surface area contributed by atoms with Gasteiger partial charge in [0.2, 0.25) is 0 Å². The van der Waals surface area contributed by atoms with E-state index in [-0.39, 0.29) is 10.6 Å². The van der Waals surface area contributed by atoms with Gasteiger partial charge in [-0.1, -0.05) is 48.5 Å². The van der Waals surface area contributed by atoms with E-state index in [2.05, 4.69) is 0 Å². The second-order valence-corrected chi connectivity index (χ2v) is 6.67. The molecule has 0 aromatic heterocycles. The Labute approximate surface area is 166 Å². The summed E-state index contributed by atoms with van der Waals surface area (Å²) in [7, 11) is 0. The zero-order valence-electron chi connectivity index (χ0n) is 15.2. The van der Waals surface area contributed by atoms with Crippen LogP contribution in [0.25, 0.3) is 0 Å². The standard InChI is InChI=1S/C21H17N3O5/c25-23(26)18-13-11-15(12-14-18)19-20(24(27)28)21(16-7-3-1-4-8-16)29-22(19)17-9-5-2-6-10-17/h1-14,19-21H/t19-,20-,21+/m1/s1. The number of rotatable bonds is 5. The lowest BCUT2D eigenvalue weighted by molar-refractivity contribution is -0.531. The van der Waals surface area contributed by atoms with Gasteiger partial charge in [0, 0.05) is 17.1 Å². The van der Waals surface area contributed by atoms with E-state index in [0.29, 0.717) is 16.8 Å². The van der Waals surface area contributed by atoms with E-state index in [1.165, 1.54) is 17.2 Å². The molecule has 0 saturated carbocycles. The maximum Gasteiger partial charge on any atom is 0.272 e. The fraction of sp³-hybridized carbons (Fsp3) is 0.143. The number of benzene rings is 3. The summed E-state index contributed by atoms with van der Waals surface area (Å²) in [4.78, 5) is 28.4. The van der Waals surface area contributed by atoms with Crippen LogP contribution in [0.2, 0.25) is 0 Å². The highest BCUT2D eigenvalue weighted by Gasteiger charge is 2.53. The molecule has 8 heteroatoms. The normalized spacial score (nSPS) is 21.1. The van der Waals surface area contributed by atoms with Crippen molar-refractivity contribution < 1.29 is 14.7 Å². The van der Waals surface area contributed by atoms with Crippen LogP contribution in [0.1, 0.15) is 23.3 Å². The van der Waals surface area contributed by atoms with E-state index in [9.17, 15) is 20.2 Å². The second kappa shape index (κ2) is 7.69. The molecule has 0 aliphatic carbocycles. The largest absolute Gasteiger partial charge is 0.272 e. The molecule has 29 heavy (non-hydrogen) atoms. The van der Waals surface area contributed by atoms with Crippen molar-refractivity contribution in [3.63, 3.8) is 0 Å². The van der Waals surface area contributed by atoms with Gasteiger partial charge in [0.05, 0.1) is 10.6 Å². The topological polar surface area (TPSA) is 98.8 Å². The number of anilines is 1. The molecule has 1 aliphatic heterocycles. The Morgan fingerprint density at radius 1 is 0.759 bits per heavy atom. The van der Waals surface area contributed by atoms with E-state index in [4.69, 9.17) is 4.84 Å². The van der Waals surface area contributed by atoms with Crippen LogP contribution in [0.15, 0.2) is 84.9 Å². The van der Waals surface area contributed by atoms with E-state index >= 15 is 0 Å². The summed E-state index contributed by atoms with van der Waals surface area (Å²) in [5.41, 5.74) is 1.86. The van der Waals surface area contributed by atoms with E-state index < -0.39 is 23.1 Å². The van der Waals surface area contributed by atoms with Crippen molar-refractivity contribution in [2.24, 2.45) is 0 Å². The fourth-order valence-corrected chi connectivity index (χ4v) is 3.60. The Morgan fingerprint density at radius 3 is 1.90 bits per heavy atom. The Balaban J connectivity index is 1.82. The minimum absolute atomic E-state index is 0.0730. The number of para-hydroxylation sites is 1. The molecule has 0 amide bonds. The van der Waals surface area contributed by atoms with Gasteiger partial charge in [0.25, 0.3) is 11.7 Å². The van der Waals surface area contributed by atoms with Crippen molar-refractivity contribution in [2.75, 3.05) is 5.06 Å². The van der Waals surface area contributed by atoms with Crippen LogP contribution in [-0.2, 0) is 4.84 Å². The van der Waals surface area contributed by atoms with Gasteiger partial charge in [0.15, 0.2) is 12.1 Å². The zero-order chi connectivity index (χ0) is 20.4. The van der Waals surface area contributed by atoms with Gasteiger partial charge < -0.3 is 0 Å². The first-order valence-corrected chi connectivity index (χ1v) is 9.00. The molecule has 3 atom stereocenters. The SMILES string of the molecule is O=[N+]([O-])c1ccc([C@@H]2[C@@H]([N+](=O)[O-])[C@H](c3ccccc3)ON2c2ccccc2)cc1. The minimum atomic E-state index is -1.10. The van der Waals surface area contributed by atoms with Crippen LogP contribution in [0.5, 0.6) is 0 Å². The highest BCUT2D eigenvalue weighted by atomic mass is 16.7. The van der Waals surface area contributed by atoms with Crippen molar-refractivity contribution in [2.45, 2.75) is 18.2 Å². The predicted octanol–water partition coefficient (Wildman–Crippen LogP) is 4.47. The number of hydrogen-bond donors (Lipinski definition) is 0. The minimum Gasteiger partial charge on any atom is -0.264 e. The van der Waals surface area contributed by atoms with Crippen LogP contribution < -0.4 is 5.06 Å². The Morgan fingerprint density at radius 2 is 1.34 bits per heavy atom. The summed E-state index contributed by atoms with van der Waals surface area (Å²) in [6, 6.07) is 22.1. The first kappa shape index (κ1) is 18.6. The van der Waals surface area contributed by atoms with Gasteiger partial charge in [0.1, 0.15) is 0 Å². The molecule has 0 N–H and O–H groups in total. The Bertz CT molecular complexity index is 1010. The van der Waals surface area contributed by atoms with E-state index in [1.54, 1.807) is 24.3 Å². The number of hydrogen-bond acceptors (Lipinski definition) is 6. The van der Waals surface area contributed by atoms with Crippen LogP contribution in [0.4, 0.5) is 11.4 Å². The van der Waals surface area contributed by atoms with Gasteiger partial charge in [-0.15, -0.1) is 0 Å². The summed E-state index contributed by atoms with van der Waals surface area (Å²) < 4.78 is 0. The summed E-state index contributed by atoms with van der Waals surface area (Å²) in [5, 5.41) is 24.6. The molecular formula is C21H17N3O5. The monoisotopic (exact) mass is 391 g/mol. The number of nitro groups is 2. The zero-order valence-corrected chi connectivity index (χ0v) is 15.2. The Hall–Kier alpha value is -3.78. The molecule has 0 spiro atoms. The van der Waals surface area contributed by atoms with Crippen LogP contribution in [0, 0.1) is 20.2 Å². The lowest BCUT2D eigenvalue weighted by atomic mass is 9.92. The average Bonchev–Trinajstić information content (AvgIpc) is 3.16. The van der Waals surface area contributed by atoms with Crippen LogP contribution >= 0.6 is 0 Å². The molecule has 0 unspecified atom stereocenters. The molecular weight excluding hydrogens is 374 g/mol. The first-order valence-electron chi connectivity index (χ1n) is 9.00. The van der Waals surface area contributed by atoms with Gasteiger partial charge in [-0.25, -0.2) is 5.06 Å². The van der Waals surface area contributed by atoms with Crippen LogP contribution in [-0.4, -0.2) is 15.9 Å². The van der Waals surface area contributed by atoms with E-state index in [0.717, 1.165) is 0 Å². The van der Waals surface area contributed by atoms with Crippen molar-refractivity contribution in [3.05, 3.63) is 116 Å². The van der Waals surface area contributed by atoms with Gasteiger partial charge in [-0.2, -0.15) is 0 Å². The number of nitro benzene ring substituents is 1. The van der Waals surface area contributed by atoms with Gasteiger partial charge in [-0.05, 0) is 35.4 Å². The molecule has 146 valence electrons. The predicted molar refractivity (Wildman–Crippen MR) is 106 cm³/mol. The van der Waals surface area contributed by atoms with E-state index in [1.807, 2.05) is 48.5 Å². The molecule has 1 heterocycles. The molecule has 3 aromatic rings. The third-order valence-electron chi connectivity index (χ3n) is 4.94. The lowest BCUT2D eigenvalue weighted by Gasteiger charge is -2.24. The van der Waals surface area contributed by atoms with Gasteiger partial charge in [-0.3, -0.25) is 25.1 Å². The van der Waals surface area contributed by atoms with Crippen molar-refractivity contribution in [1.29, 1.82) is 0 Å². The maximum atomic E-state index is 12.1. The quantitative estimate of drug-likeness (QED) is 0.470. The smallest absolute Gasteiger partial charge is 0.264 e. The third kappa shape index (κ3) is 3.53. The molecule has 8 nitrogen and oxygen atoms in total. The first-order chi connectivity index (χ1) is 14.1. The van der Waals surface area contributed by atoms with Gasteiger partial charge >= 0.3 is 0 Å². The molecule has 0 bridgehead atoms. The lowest BCUT2D eigenvalue weighted by Crippen LogP contribution is -2.32. The summed E-state index contributed by atoms with van der Waals surface area (Å²) in [6.45, 7) is 0. The Kier molecular flexibility index (Phi) is 4.92. The molecule has 0 radical (unpaired) electrons. The van der Waals surface area contributed by atoms with Crippen molar-refractivity contribution in [3.8, 4) is 0 Å². The summed E-state index contributed by atoms with van der Waals surface area (Å²) in [5.74, 6) is 0. The maximum absolute atomic E-state index is 12.1. The summed E-state index contributed by atoms with van der Waals surface area (Å²) in [6.07, 6.45) is -0.799. The highest BCUT2D eigenvalue weighted by molar-refractivity contribution is 5.49. The number of non-ortho nitro benzene ring substituents is 1. The molecule has 1 aliphatic rings. The number of nitrogens with zero attached hydrogens (tertiary/aromatic N) is 3. The highest BCUT2D eigenvalue weighted by Crippen LogP contribution is 2.46. The second-order valence-electron chi connectivity index (χ2n) is 6.67. The molecule has 4 rings (SSSR count). The van der Waals surface area contributed by atoms with Crippen molar-refractivity contribution in [1.82, 2.24) is 0 Å². The third-order valence-corrected chi connectivity index (χ3v) is 4.94. The molecule has 1 saturated heterocycles. The molecule has 3 aromatic carbocycles. The van der Waals surface area contributed by atoms with Crippen LogP contribution in [0.3, 0.4) is 0 Å². The van der Waals surface area contributed by atoms with Crippen molar-refractivity contribution >= 4 is 11.4 Å². The molecule has 1 fully saturated rings. The number of hydroxylamine groups is 1. The summed E-state index contributed by atoms with van der Waals surface area (Å²) >= 11 is 0.